The zero-order valence-electron chi connectivity index (χ0n) is 12.9. The van der Waals surface area contributed by atoms with Gasteiger partial charge >= 0.3 is 0 Å². The van der Waals surface area contributed by atoms with Gasteiger partial charge in [0.15, 0.2) is 0 Å². The van der Waals surface area contributed by atoms with E-state index in [0.717, 1.165) is 11.3 Å². The molecule has 0 radical (unpaired) electrons. The summed E-state index contributed by atoms with van der Waals surface area (Å²) in [6.07, 6.45) is 4.27. The predicted octanol–water partition coefficient (Wildman–Crippen LogP) is 3.78. The van der Waals surface area contributed by atoms with Crippen molar-refractivity contribution in [2.45, 2.75) is 51.6 Å². The Morgan fingerprint density at radius 2 is 2.05 bits per heavy atom. The van der Waals surface area contributed by atoms with Crippen LogP contribution < -0.4 is 5.32 Å². The summed E-state index contributed by atoms with van der Waals surface area (Å²) in [5.74, 6) is 0.350. The second-order valence-corrected chi connectivity index (χ2v) is 6.81. The van der Waals surface area contributed by atoms with Crippen LogP contribution in [0.2, 0.25) is 0 Å². The number of hydrogen-bond donors (Lipinski definition) is 1. The fraction of sp³-hybridized carbons (Fsp3) is 0.471. The van der Waals surface area contributed by atoms with Crippen molar-refractivity contribution in [2.75, 3.05) is 0 Å². The number of hydrogen-bond acceptors (Lipinski definition) is 2. The summed E-state index contributed by atoms with van der Waals surface area (Å²) in [5, 5.41) is 7.97. The Bertz CT molecular complexity index is 636. The van der Waals surface area contributed by atoms with Gasteiger partial charge in [-0.3, -0.25) is 0 Å². The van der Waals surface area contributed by atoms with Crippen molar-refractivity contribution >= 4 is 0 Å². The molecule has 3 nitrogen and oxygen atoms in total. The van der Waals surface area contributed by atoms with Crippen LogP contribution in [0.25, 0.3) is 5.69 Å². The van der Waals surface area contributed by atoms with Gasteiger partial charge in [0.25, 0.3) is 0 Å². The first-order valence-corrected chi connectivity index (χ1v) is 7.52. The second-order valence-electron chi connectivity index (χ2n) is 6.81. The van der Waals surface area contributed by atoms with E-state index in [-0.39, 0.29) is 11.4 Å². The molecule has 0 aliphatic heterocycles. The first-order chi connectivity index (χ1) is 9.94. The Morgan fingerprint density at radius 1 is 1.29 bits per heavy atom. The summed E-state index contributed by atoms with van der Waals surface area (Å²) >= 11 is 0. The fourth-order valence-electron chi connectivity index (χ4n) is 2.38. The van der Waals surface area contributed by atoms with E-state index in [1.807, 2.05) is 18.3 Å². The predicted molar refractivity (Wildman–Crippen MR) is 82.1 cm³/mol. The molecule has 1 N–H and O–H groups in total. The molecule has 1 aliphatic rings. The molecule has 0 bridgehead atoms. The van der Waals surface area contributed by atoms with Gasteiger partial charge in [0, 0.05) is 24.2 Å². The summed E-state index contributed by atoms with van der Waals surface area (Å²) in [6, 6.07) is 7.21. The third kappa shape index (κ3) is 3.32. The van der Waals surface area contributed by atoms with Crippen LogP contribution in [0.15, 0.2) is 30.5 Å². The van der Waals surface area contributed by atoms with Gasteiger partial charge in [0.2, 0.25) is 0 Å². The SMILES string of the molecule is CC(C)(C)NCc1cccc(F)c1-n1ccc(C2CC2)n1. The molecule has 4 heteroatoms. The molecule has 2 aromatic rings. The van der Waals surface area contributed by atoms with Crippen LogP contribution in [0.4, 0.5) is 4.39 Å². The lowest BCUT2D eigenvalue weighted by atomic mass is 10.1. The molecule has 3 rings (SSSR count). The molecule has 0 saturated heterocycles. The first kappa shape index (κ1) is 14.3. The van der Waals surface area contributed by atoms with Gasteiger partial charge in [-0.25, -0.2) is 9.07 Å². The Morgan fingerprint density at radius 3 is 2.71 bits per heavy atom. The van der Waals surface area contributed by atoms with Gasteiger partial charge in [0.05, 0.1) is 5.69 Å². The Balaban J connectivity index is 1.91. The zero-order valence-corrected chi connectivity index (χ0v) is 12.9. The summed E-state index contributed by atoms with van der Waals surface area (Å²) in [7, 11) is 0. The van der Waals surface area contributed by atoms with Crippen LogP contribution in [0.3, 0.4) is 0 Å². The quantitative estimate of drug-likeness (QED) is 0.927. The monoisotopic (exact) mass is 287 g/mol. The van der Waals surface area contributed by atoms with Crippen molar-refractivity contribution in [1.82, 2.24) is 15.1 Å². The van der Waals surface area contributed by atoms with Crippen LogP contribution in [0, 0.1) is 5.82 Å². The van der Waals surface area contributed by atoms with Crippen LogP contribution in [0.5, 0.6) is 0 Å². The minimum Gasteiger partial charge on any atom is -0.308 e. The number of para-hydroxylation sites is 1. The van der Waals surface area contributed by atoms with Crippen LogP contribution in [-0.4, -0.2) is 15.3 Å². The average molecular weight is 287 g/mol. The molecule has 1 saturated carbocycles. The number of nitrogens with zero attached hydrogens (tertiary/aromatic N) is 2. The maximum absolute atomic E-state index is 14.3. The van der Waals surface area contributed by atoms with Crippen molar-refractivity contribution in [3.8, 4) is 5.69 Å². The van der Waals surface area contributed by atoms with Gasteiger partial charge in [-0.2, -0.15) is 5.10 Å². The lowest BCUT2D eigenvalue weighted by Crippen LogP contribution is -2.35. The number of benzene rings is 1. The highest BCUT2D eigenvalue weighted by atomic mass is 19.1. The van der Waals surface area contributed by atoms with Crippen molar-refractivity contribution in [3.05, 3.63) is 47.5 Å². The fourth-order valence-corrected chi connectivity index (χ4v) is 2.38. The summed E-state index contributed by atoms with van der Waals surface area (Å²) < 4.78 is 16.0. The van der Waals surface area contributed by atoms with E-state index in [9.17, 15) is 4.39 Å². The number of rotatable bonds is 4. The van der Waals surface area contributed by atoms with E-state index in [1.165, 1.54) is 18.9 Å². The summed E-state index contributed by atoms with van der Waals surface area (Å²) in [5.41, 5.74) is 2.55. The van der Waals surface area contributed by atoms with Gasteiger partial charge in [-0.1, -0.05) is 12.1 Å². The highest BCUT2D eigenvalue weighted by molar-refractivity contribution is 5.42. The molecular formula is C17H22FN3. The molecule has 1 aromatic carbocycles. The Labute approximate surface area is 125 Å². The molecule has 0 unspecified atom stereocenters. The number of halogens is 1. The molecule has 0 amide bonds. The van der Waals surface area contributed by atoms with E-state index in [2.05, 4.69) is 31.2 Å². The highest BCUT2D eigenvalue weighted by Crippen LogP contribution is 2.39. The van der Waals surface area contributed by atoms with E-state index >= 15 is 0 Å². The smallest absolute Gasteiger partial charge is 0.149 e. The van der Waals surface area contributed by atoms with Crippen molar-refractivity contribution < 1.29 is 4.39 Å². The Kier molecular flexibility index (Phi) is 3.57. The lowest BCUT2D eigenvalue weighted by Gasteiger charge is -2.21. The third-order valence-electron chi connectivity index (χ3n) is 3.71. The van der Waals surface area contributed by atoms with Gasteiger partial charge in [-0.05, 0) is 51.3 Å². The molecule has 0 spiro atoms. The maximum Gasteiger partial charge on any atom is 0.149 e. The molecule has 1 aliphatic carbocycles. The van der Waals surface area contributed by atoms with Crippen molar-refractivity contribution in [2.24, 2.45) is 0 Å². The molecule has 1 heterocycles. The number of aromatic nitrogens is 2. The largest absolute Gasteiger partial charge is 0.308 e. The van der Waals surface area contributed by atoms with Crippen molar-refractivity contribution in [1.29, 1.82) is 0 Å². The van der Waals surface area contributed by atoms with E-state index in [0.29, 0.717) is 18.2 Å². The minimum absolute atomic E-state index is 0.00707. The second kappa shape index (κ2) is 5.26. The van der Waals surface area contributed by atoms with Crippen LogP contribution >= 0.6 is 0 Å². The molecule has 1 fully saturated rings. The van der Waals surface area contributed by atoms with Crippen molar-refractivity contribution in [3.63, 3.8) is 0 Å². The van der Waals surface area contributed by atoms with Crippen LogP contribution in [0.1, 0.15) is 50.8 Å². The number of nitrogens with one attached hydrogen (secondary N) is 1. The minimum atomic E-state index is -0.228. The maximum atomic E-state index is 14.3. The summed E-state index contributed by atoms with van der Waals surface area (Å²) in [6.45, 7) is 6.93. The molecular weight excluding hydrogens is 265 g/mol. The summed E-state index contributed by atoms with van der Waals surface area (Å²) in [4.78, 5) is 0. The van der Waals surface area contributed by atoms with Gasteiger partial charge < -0.3 is 5.32 Å². The molecule has 0 atom stereocenters. The lowest BCUT2D eigenvalue weighted by molar-refractivity contribution is 0.423. The molecule has 1 aromatic heterocycles. The first-order valence-electron chi connectivity index (χ1n) is 7.52. The van der Waals surface area contributed by atoms with Crippen LogP contribution in [-0.2, 0) is 6.54 Å². The average Bonchev–Trinajstić information content (AvgIpc) is 3.15. The molecule has 112 valence electrons. The van der Waals surface area contributed by atoms with E-state index < -0.39 is 0 Å². The highest BCUT2D eigenvalue weighted by Gasteiger charge is 2.26. The zero-order chi connectivity index (χ0) is 15.0. The topological polar surface area (TPSA) is 29.9 Å². The third-order valence-corrected chi connectivity index (χ3v) is 3.71. The van der Waals surface area contributed by atoms with E-state index in [1.54, 1.807) is 10.7 Å². The molecule has 21 heavy (non-hydrogen) atoms. The van der Waals surface area contributed by atoms with Gasteiger partial charge in [-0.15, -0.1) is 0 Å². The standard InChI is InChI=1S/C17H22FN3/c1-17(2,3)19-11-13-5-4-6-14(18)16(13)21-10-9-15(20-21)12-7-8-12/h4-6,9-10,12,19H,7-8,11H2,1-3H3. The van der Waals surface area contributed by atoms with E-state index in [4.69, 9.17) is 0 Å². The normalized spacial score (nSPS) is 15.4. The Hall–Kier alpha value is -1.68. The van der Waals surface area contributed by atoms with Gasteiger partial charge in [0.1, 0.15) is 11.5 Å².